The van der Waals surface area contributed by atoms with Crippen LogP contribution in [0.15, 0.2) is 24.3 Å². The van der Waals surface area contributed by atoms with Crippen LogP contribution in [0.1, 0.15) is 38.5 Å². The van der Waals surface area contributed by atoms with Gasteiger partial charge in [-0.15, -0.1) is 0 Å². The van der Waals surface area contributed by atoms with Crippen LogP contribution in [0.4, 0.5) is 11.6 Å². The maximum Gasteiger partial charge on any atom is 0.172 e. The Hall–Kier alpha value is -1.84. The topological polar surface area (TPSA) is 32.3 Å². The molecule has 5 rings (SSSR count). The standard InChI is InChI=1S/C19H24N4/c1-2-7-16-15(6-1)20-17(22-11-3-4-12-22)18(21-16)23-13-5-8-19(14-23)9-10-19/h1-2,6-7H,3-5,8-14H2. The number of piperidine rings is 1. The van der Waals surface area contributed by atoms with E-state index >= 15 is 0 Å². The molecular formula is C19H24N4. The average Bonchev–Trinajstić information content (AvgIpc) is 3.12. The minimum Gasteiger partial charge on any atom is -0.354 e. The van der Waals surface area contributed by atoms with Crippen LogP contribution in [-0.2, 0) is 0 Å². The highest BCUT2D eigenvalue weighted by atomic mass is 15.3. The summed E-state index contributed by atoms with van der Waals surface area (Å²) < 4.78 is 0. The third-order valence-electron chi connectivity index (χ3n) is 5.86. The maximum absolute atomic E-state index is 5.06. The molecule has 1 spiro atoms. The van der Waals surface area contributed by atoms with Gasteiger partial charge in [0.15, 0.2) is 11.6 Å². The van der Waals surface area contributed by atoms with Gasteiger partial charge in [-0.1, -0.05) is 12.1 Å². The largest absolute Gasteiger partial charge is 0.354 e. The Labute approximate surface area is 137 Å². The summed E-state index contributed by atoms with van der Waals surface area (Å²) in [7, 11) is 0. The van der Waals surface area contributed by atoms with Gasteiger partial charge in [0.25, 0.3) is 0 Å². The predicted molar refractivity (Wildman–Crippen MR) is 94.1 cm³/mol. The molecule has 4 nitrogen and oxygen atoms in total. The highest BCUT2D eigenvalue weighted by molar-refractivity contribution is 5.81. The monoisotopic (exact) mass is 308 g/mol. The van der Waals surface area contributed by atoms with Crippen molar-refractivity contribution in [3.8, 4) is 0 Å². The second-order valence-electron chi connectivity index (χ2n) is 7.58. The summed E-state index contributed by atoms with van der Waals surface area (Å²) in [6.07, 6.45) is 8.07. The molecule has 0 amide bonds. The Morgan fingerprint density at radius 2 is 1.35 bits per heavy atom. The van der Waals surface area contributed by atoms with Gasteiger partial charge in [-0.25, -0.2) is 9.97 Å². The SMILES string of the molecule is c1ccc2nc(N3CCCC4(CC4)C3)c(N3CCCC3)nc2c1. The lowest BCUT2D eigenvalue weighted by Crippen LogP contribution is -2.38. The molecule has 2 aromatic rings. The first kappa shape index (κ1) is 13.6. The zero-order valence-corrected chi connectivity index (χ0v) is 13.7. The predicted octanol–water partition coefficient (Wildman–Crippen LogP) is 3.61. The van der Waals surface area contributed by atoms with E-state index in [1.165, 1.54) is 45.1 Å². The second-order valence-corrected chi connectivity index (χ2v) is 7.58. The smallest absolute Gasteiger partial charge is 0.172 e. The van der Waals surface area contributed by atoms with Crippen LogP contribution in [0, 0.1) is 5.41 Å². The number of aromatic nitrogens is 2. The van der Waals surface area contributed by atoms with Gasteiger partial charge in [0.05, 0.1) is 11.0 Å². The molecule has 3 aliphatic rings. The van der Waals surface area contributed by atoms with Crippen molar-refractivity contribution in [3.05, 3.63) is 24.3 Å². The number of para-hydroxylation sites is 2. The van der Waals surface area contributed by atoms with Crippen molar-refractivity contribution in [3.63, 3.8) is 0 Å². The summed E-state index contributed by atoms with van der Waals surface area (Å²) in [6, 6.07) is 8.31. The molecule has 3 fully saturated rings. The van der Waals surface area contributed by atoms with Gasteiger partial charge < -0.3 is 9.80 Å². The molecule has 3 heterocycles. The first-order chi connectivity index (χ1) is 11.3. The van der Waals surface area contributed by atoms with Crippen molar-refractivity contribution >= 4 is 22.7 Å². The quantitative estimate of drug-likeness (QED) is 0.848. The lowest BCUT2D eigenvalue weighted by Gasteiger charge is -2.35. The molecule has 0 bridgehead atoms. The summed E-state index contributed by atoms with van der Waals surface area (Å²) in [5.41, 5.74) is 2.66. The number of fused-ring (bicyclic) bond motifs is 1. The third-order valence-corrected chi connectivity index (χ3v) is 5.86. The molecule has 120 valence electrons. The lowest BCUT2D eigenvalue weighted by molar-refractivity contribution is 0.393. The Balaban J connectivity index is 1.60. The molecule has 0 N–H and O–H groups in total. The van der Waals surface area contributed by atoms with E-state index in [0.717, 1.165) is 42.3 Å². The Kier molecular flexibility index (Phi) is 3.00. The molecule has 1 aromatic heterocycles. The molecule has 2 saturated heterocycles. The van der Waals surface area contributed by atoms with Crippen LogP contribution in [-0.4, -0.2) is 36.1 Å². The van der Waals surface area contributed by atoms with Crippen molar-refractivity contribution in [2.45, 2.75) is 38.5 Å². The van der Waals surface area contributed by atoms with Crippen LogP contribution < -0.4 is 9.80 Å². The first-order valence-corrected chi connectivity index (χ1v) is 9.10. The Bertz CT molecular complexity index is 731. The molecule has 1 saturated carbocycles. The van der Waals surface area contributed by atoms with Crippen LogP contribution in [0.3, 0.4) is 0 Å². The molecule has 23 heavy (non-hydrogen) atoms. The second kappa shape index (κ2) is 5.08. The summed E-state index contributed by atoms with van der Waals surface area (Å²) >= 11 is 0. The fourth-order valence-electron chi connectivity index (χ4n) is 4.31. The zero-order valence-electron chi connectivity index (χ0n) is 13.7. The van der Waals surface area contributed by atoms with Gasteiger partial charge in [0.1, 0.15) is 0 Å². The van der Waals surface area contributed by atoms with Crippen LogP contribution in [0.2, 0.25) is 0 Å². The van der Waals surface area contributed by atoms with Crippen molar-refractivity contribution in [2.75, 3.05) is 36.0 Å². The maximum atomic E-state index is 5.06. The number of benzene rings is 1. The molecule has 0 radical (unpaired) electrons. The van der Waals surface area contributed by atoms with E-state index in [0.29, 0.717) is 5.41 Å². The Morgan fingerprint density at radius 1 is 0.739 bits per heavy atom. The number of nitrogens with zero attached hydrogens (tertiary/aromatic N) is 4. The van der Waals surface area contributed by atoms with Gasteiger partial charge in [-0.3, -0.25) is 0 Å². The molecule has 1 aromatic carbocycles. The van der Waals surface area contributed by atoms with Crippen molar-refractivity contribution in [1.82, 2.24) is 9.97 Å². The summed E-state index contributed by atoms with van der Waals surface area (Å²) in [6.45, 7) is 4.56. The molecule has 1 aliphatic carbocycles. The fraction of sp³-hybridized carbons (Fsp3) is 0.579. The highest BCUT2D eigenvalue weighted by Gasteiger charge is 2.46. The number of rotatable bonds is 2. The lowest BCUT2D eigenvalue weighted by atomic mass is 9.95. The van der Waals surface area contributed by atoms with Gasteiger partial charge >= 0.3 is 0 Å². The van der Waals surface area contributed by atoms with Gasteiger partial charge in [-0.05, 0) is 56.1 Å². The van der Waals surface area contributed by atoms with E-state index in [1.807, 2.05) is 0 Å². The number of hydrogen-bond donors (Lipinski definition) is 0. The number of anilines is 2. The van der Waals surface area contributed by atoms with Crippen LogP contribution in [0.25, 0.3) is 11.0 Å². The molecule has 0 unspecified atom stereocenters. The zero-order chi connectivity index (χ0) is 15.3. The molecule has 4 heteroatoms. The molecular weight excluding hydrogens is 284 g/mol. The molecule has 0 atom stereocenters. The summed E-state index contributed by atoms with van der Waals surface area (Å²) in [4.78, 5) is 15.1. The van der Waals surface area contributed by atoms with Gasteiger partial charge in [-0.2, -0.15) is 0 Å². The van der Waals surface area contributed by atoms with Crippen molar-refractivity contribution in [1.29, 1.82) is 0 Å². The van der Waals surface area contributed by atoms with Crippen LogP contribution in [0.5, 0.6) is 0 Å². The van der Waals surface area contributed by atoms with E-state index in [1.54, 1.807) is 0 Å². The first-order valence-electron chi connectivity index (χ1n) is 9.10. The Morgan fingerprint density at radius 3 is 2.00 bits per heavy atom. The minimum absolute atomic E-state index is 0.605. The van der Waals surface area contributed by atoms with E-state index in [9.17, 15) is 0 Å². The minimum atomic E-state index is 0.605. The molecule has 2 aliphatic heterocycles. The van der Waals surface area contributed by atoms with Crippen molar-refractivity contribution < 1.29 is 0 Å². The normalized spacial score (nSPS) is 23.0. The third kappa shape index (κ3) is 2.35. The highest BCUT2D eigenvalue weighted by Crippen LogP contribution is 2.53. The fourth-order valence-corrected chi connectivity index (χ4v) is 4.31. The van der Waals surface area contributed by atoms with E-state index < -0.39 is 0 Å². The van der Waals surface area contributed by atoms with E-state index in [-0.39, 0.29) is 0 Å². The van der Waals surface area contributed by atoms with Gasteiger partial charge in [0, 0.05) is 26.2 Å². The van der Waals surface area contributed by atoms with Crippen molar-refractivity contribution in [2.24, 2.45) is 5.41 Å². The van der Waals surface area contributed by atoms with E-state index in [4.69, 9.17) is 9.97 Å². The van der Waals surface area contributed by atoms with E-state index in [2.05, 4.69) is 34.1 Å². The summed E-state index contributed by atoms with van der Waals surface area (Å²) in [5.74, 6) is 2.26. The summed E-state index contributed by atoms with van der Waals surface area (Å²) in [5, 5.41) is 0. The number of hydrogen-bond acceptors (Lipinski definition) is 4. The average molecular weight is 308 g/mol. The van der Waals surface area contributed by atoms with Gasteiger partial charge in [0.2, 0.25) is 0 Å². The van der Waals surface area contributed by atoms with Crippen LogP contribution >= 0.6 is 0 Å².